The van der Waals surface area contributed by atoms with Gasteiger partial charge in [0.2, 0.25) is 5.91 Å². The first kappa shape index (κ1) is 20.7. The first-order valence-electron chi connectivity index (χ1n) is 10.1. The van der Waals surface area contributed by atoms with Crippen LogP contribution in [0.4, 0.5) is 10.8 Å². The second-order valence-electron chi connectivity index (χ2n) is 7.31. The highest BCUT2D eigenvalue weighted by molar-refractivity contribution is 7.13. The molecule has 7 nitrogen and oxygen atoms in total. The summed E-state index contributed by atoms with van der Waals surface area (Å²) < 4.78 is 0. The standard InChI is InChI=1S/C23H22N4O3S/c28-20(16-5-2-1-3-6-16)25-19-10-8-17(9-11-19)22(30)27-13-4-7-18(15-27)21(29)26-23-24-12-14-31-23/h1-3,5-6,8-12,14,18H,4,7,13,15H2,(H,25,28)(H,24,26,29). The van der Waals surface area contributed by atoms with E-state index in [0.29, 0.717) is 35.0 Å². The summed E-state index contributed by atoms with van der Waals surface area (Å²) in [6, 6.07) is 15.8. The fourth-order valence-corrected chi connectivity index (χ4v) is 4.07. The van der Waals surface area contributed by atoms with Crippen LogP contribution < -0.4 is 10.6 Å². The number of benzene rings is 2. The molecule has 8 heteroatoms. The first-order valence-corrected chi connectivity index (χ1v) is 10.9. The largest absolute Gasteiger partial charge is 0.338 e. The van der Waals surface area contributed by atoms with Gasteiger partial charge in [-0.1, -0.05) is 18.2 Å². The third kappa shape index (κ3) is 5.16. The second-order valence-corrected chi connectivity index (χ2v) is 8.21. The molecule has 1 aliphatic rings. The number of carbonyl (C=O) groups is 3. The van der Waals surface area contributed by atoms with E-state index in [0.717, 1.165) is 12.8 Å². The molecule has 2 N–H and O–H groups in total. The van der Waals surface area contributed by atoms with Gasteiger partial charge in [-0.05, 0) is 49.2 Å². The third-order valence-corrected chi connectivity index (χ3v) is 5.86. The molecule has 1 aliphatic heterocycles. The Morgan fingerprint density at radius 2 is 1.74 bits per heavy atom. The predicted molar refractivity (Wildman–Crippen MR) is 120 cm³/mol. The number of likely N-dealkylation sites (tertiary alicyclic amines) is 1. The van der Waals surface area contributed by atoms with Crippen LogP contribution in [0.5, 0.6) is 0 Å². The number of hydrogen-bond donors (Lipinski definition) is 2. The lowest BCUT2D eigenvalue weighted by atomic mass is 9.96. The van der Waals surface area contributed by atoms with E-state index in [1.807, 2.05) is 6.07 Å². The van der Waals surface area contributed by atoms with Crippen LogP contribution in [0.15, 0.2) is 66.2 Å². The Hall–Kier alpha value is -3.52. The minimum absolute atomic E-state index is 0.105. The van der Waals surface area contributed by atoms with E-state index in [-0.39, 0.29) is 23.6 Å². The van der Waals surface area contributed by atoms with Crippen molar-refractivity contribution in [1.82, 2.24) is 9.88 Å². The fourth-order valence-electron chi connectivity index (χ4n) is 3.54. The van der Waals surface area contributed by atoms with Crippen LogP contribution in [0, 0.1) is 5.92 Å². The molecule has 1 fully saturated rings. The van der Waals surface area contributed by atoms with E-state index < -0.39 is 0 Å². The quantitative estimate of drug-likeness (QED) is 0.637. The molecule has 3 aromatic rings. The number of anilines is 2. The zero-order chi connectivity index (χ0) is 21.6. The Morgan fingerprint density at radius 1 is 0.968 bits per heavy atom. The molecule has 0 saturated carbocycles. The molecule has 1 aromatic heterocycles. The molecule has 158 valence electrons. The molecule has 0 spiro atoms. The van der Waals surface area contributed by atoms with Crippen molar-refractivity contribution in [3.63, 3.8) is 0 Å². The Balaban J connectivity index is 1.36. The molecule has 0 aliphatic carbocycles. The summed E-state index contributed by atoms with van der Waals surface area (Å²) in [5.74, 6) is -0.685. The van der Waals surface area contributed by atoms with Crippen molar-refractivity contribution in [3.05, 3.63) is 77.3 Å². The molecular weight excluding hydrogens is 412 g/mol. The Kier molecular flexibility index (Phi) is 6.37. The van der Waals surface area contributed by atoms with Gasteiger partial charge in [0.25, 0.3) is 11.8 Å². The first-order chi connectivity index (χ1) is 15.1. The number of carbonyl (C=O) groups excluding carboxylic acids is 3. The van der Waals surface area contributed by atoms with Crippen LogP contribution in [0.1, 0.15) is 33.6 Å². The average molecular weight is 435 g/mol. The minimum atomic E-state index is -0.258. The number of nitrogens with zero attached hydrogens (tertiary/aromatic N) is 2. The summed E-state index contributed by atoms with van der Waals surface area (Å²) in [5.41, 5.74) is 1.71. The van der Waals surface area contributed by atoms with Crippen LogP contribution in [0.2, 0.25) is 0 Å². The van der Waals surface area contributed by atoms with Crippen LogP contribution in [0.3, 0.4) is 0 Å². The summed E-state index contributed by atoms with van der Waals surface area (Å²) in [4.78, 5) is 43.5. The monoisotopic (exact) mass is 434 g/mol. The van der Waals surface area contributed by atoms with E-state index >= 15 is 0 Å². The van der Waals surface area contributed by atoms with E-state index in [9.17, 15) is 14.4 Å². The molecule has 1 saturated heterocycles. The number of nitrogens with one attached hydrogen (secondary N) is 2. The van der Waals surface area contributed by atoms with Crippen LogP contribution in [-0.2, 0) is 4.79 Å². The van der Waals surface area contributed by atoms with Gasteiger partial charge in [-0.3, -0.25) is 14.4 Å². The Labute approximate surface area is 184 Å². The molecule has 1 atom stereocenters. The number of rotatable bonds is 5. The molecule has 0 radical (unpaired) electrons. The number of piperidine rings is 1. The van der Waals surface area contributed by atoms with E-state index in [2.05, 4.69) is 15.6 Å². The van der Waals surface area contributed by atoms with Gasteiger partial charge < -0.3 is 15.5 Å². The van der Waals surface area contributed by atoms with Crippen molar-refractivity contribution in [3.8, 4) is 0 Å². The summed E-state index contributed by atoms with van der Waals surface area (Å²) in [5, 5.41) is 8.02. The van der Waals surface area contributed by atoms with Crippen molar-refractivity contribution in [1.29, 1.82) is 0 Å². The van der Waals surface area contributed by atoms with E-state index in [1.165, 1.54) is 11.3 Å². The van der Waals surface area contributed by atoms with Gasteiger partial charge in [-0.25, -0.2) is 4.98 Å². The SMILES string of the molecule is O=C(Nc1ccc(C(=O)N2CCCC(C(=O)Nc3nccs3)C2)cc1)c1ccccc1. The topological polar surface area (TPSA) is 91.4 Å². The summed E-state index contributed by atoms with van der Waals surface area (Å²) in [6.45, 7) is 0.995. The highest BCUT2D eigenvalue weighted by atomic mass is 32.1. The maximum absolute atomic E-state index is 12.9. The van der Waals surface area contributed by atoms with Crippen molar-refractivity contribution in [2.24, 2.45) is 5.92 Å². The van der Waals surface area contributed by atoms with Crippen molar-refractivity contribution in [2.45, 2.75) is 12.8 Å². The van der Waals surface area contributed by atoms with Gasteiger partial charge >= 0.3 is 0 Å². The van der Waals surface area contributed by atoms with Gasteiger partial charge in [0, 0.05) is 41.5 Å². The number of amides is 3. The summed E-state index contributed by atoms with van der Waals surface area (Å²) in [6.07, 6.45) is 3.15. The molecular formula is C23H22N4O3S. The molecule has 31 heavy (non-hydrogen) atoms. The molecule has 4 rings (SSSR count). The lowest BCUT2D eigenvalue weighted by Gasteiger charge is -2.32. The van der Waals surface area contributed by atoms with Gasteiger partial charge in [-0.15, -0.1) is 11.3 Å². The molecule has 0 bridgehead atoms. The Morgan fingerprint density at radius 3 is 2.45 bits per heavy atom. The lowest BCUT2D eigenvalue weighted by Crippen LogP contribution is -2.43. The minimum Gasteiger partial charge on any atom is -0.338 e. The van der Waals surface area contributed by atoms with E-state index in [1.54, 1.807) is 65.0 Å². The van der Waals surface area contributed by atoms with Crippen molar-refractivity contribution >= 4 is 39.9 Å². The molecule has 1 unspecified atom stereocenters. The molecule has 2 heterocycles. The molecule has 2 aromatic carbocycles. The van der Waals surface area contributed by atoms with Crippen LogP contribution in [0.25, 0.3) is 0 Å². The summed E-state index contributed by atoms with van der Waals surface area (Å²) in [7, 11) is 0. The van der Waals surface area contributed by atoms with E-state index in [4.69, 9.17) is 0 Å². The fraction of sp³-hybridized carbons (Fsp3) is 0.217. The number of aromatic nitrogens is 1. The van der Waals surface area contributed by atoms with Gasteiger partial charge in [-0.2, -0.15) is 0 Å². The zero-order valence-corrected chi connectivity index (χ0v) is 17.6. The number of thiazole rings is 1. The number of hydrogen-bond acceptors (Lipinski definition) is 5. The van der Waals surface area contributed by atoms with Crippen LogP contribution in [-0.4, -0.2) is 40.7 Å². The third-order valence-electron chi connectivity index (χ3n) is 5.17. The predicted octanol–water partition coefficient (Wildman–Crippen LogP) is 3.89. The highest BCUT2D eigenvalue weighted by Crippen LogP contribution is 2.22. The van der Waals surface area contributed by atoms with Gasteiger partial charge in [0.05, 0.1) is 5.92 Å². The maximum atomic E-state index is 12.9. The van der Waals surface area contributed by atoms with Crippen molar-refractivity contribution < 1.29 is 14.4 Å². The highest BCUT2D eigenvalue weighted by Gasteiger charge is 2.29. The second kappa shape index (κ2) is 9.53. The average Bonchev–Trinajstić information content (AvgIpc) is 3.33. The van der Waals surface area contributed by atoms with Crippen molar-refractivity contribution in [2.75, 3.05) is 23.7 Å². The summed E-state index contributed by atoms with van der Waals surface area (Å²) >= 11 is 1.37. The molecule has 3 amide bonds. The van der Waals surface area contributed by atoms with Crippen LogP contribution >= 0.6 is 11.3 Å². The normalized spacial score (nSPS) is 15.9. The lowest BCUT2D eigenvalue weighted by molar-refractivity contribution is -0.121. The zero-order valence-electron chi connectivity index (χ0n) is 16.8. The van der Waals surface area contributed by atoms with Gasteiger partial charge in [0.1, 0.15) is 0 Å². The Bertz CT molecular complexity index is 1050. The smallest absolute Gasteiger partial charge is 0.255 e. The van der Waals surface area contributed by atoms with Gasteiger partial charge in [0.15, 0.2) is 5.13 Å². The maximum Gasteiger partial charge on any atom is 0.255 e.